The van der Waals surface area contributed by atoms with Gasteiger partial charge in [-0.2, -0.15) is 8.78 Å². The Bertz CT molecular complexity index is 441. The maximum atomic E-state index is 13.6. The van der Waals surface area contributed by atoms with Gasteiger partial charge < -0.3 is 4.74 Å². The van der Waals surface area contributed by atoms with Crippen molar-refractivity contribution in [1.29, 1.82) is 0 Å². The first kappa shape index (κ1) is 12.3. The smallest absolute Gasteiger partial charge is 0.326 e. The molecule has 1 aliphatic rings. The Morgan fingerprint density at radius 3 is 2.41 bits per heavy atom. The molecular weight excluding hydrogens is 224 g/mol. The van der Waals surface area contributed by atoms with Crippen molar-refractivity contribution < 1.29 is 13.5 Å². The normalized spacial score (nSPS) is 17.4. The zero-order valence-corrected chi connectivity index (χ0v) is 10.6. The number of rotatable bonds is 2. The summed E-state index contributed by atoms with van der Waals surface area (Å²) in [5, 5.41) is 0. The second-order valence-electron chi connectivity index (χ2n) is 5.12. The topological polar surface area (TPSA) is 22.1 Å². The first-order valence-corrected chi connectivity index (χ1v) is 5.89. The van der Waals surface area contributed by atoms with Crippen LogP contribution in [0.15, 0.2) is 6.07 Å². The highest BCUT2D eigenvalue weighted by atomic mass is 19.3. The molecule has 0 atom stereocenters. The zero-order chi connectivity index (χ0) is 12.8. The second-order valence-corrected chi connectivity index (χ2v) is 5.12. The predicted octanol–water partition coefficient (Wildman–Crippen LogP) is 3.81. The van der Waals surface area contributed by atoms with E-state index in [-0.39, 0.29) is 23.3 Å². The highest BCUT2D eigenvalue weighted by molar-refractivity contribution is 5.46. The van der Waals surface area contributed by atoms with Crippen molar-refractivity contribution in [2.24, 2.45) is 0 Å². The number of hydrogen-bond donors (Lipinski definition) is 0. The predicted molar refractivity (Wildman–Crippen MR) is 61.8 cm³/mol. The largest absolute Gasteiger partial charge is 0.484 e. The number of aromatic nitrogens is 1. The van der Waals surface area contributed by atoms with Gasteiger partial charge in [0.1, 0.15) is 0 Å². The monoisotopic (exact) mass is 241 g/mol. The summed E-state index contributed by atoms with van der Waals surface area (Å²) in [5.41, 5.74) is 1.35. The van der Waals surface area contributed by atoms with Crippen molar-refractivity contribution in [1.82, 2.24) is 4.98 Å². The van der Waals surface area contributed by atoms with Crippen LogP contribution in [-0.2, 0) is 5.92 Å². The van der Waals surface area contributed by atoms with Crippen LogP contribution in [0, 0.1) is 0 Å². The van der Waals surface area contributed by atoms with E-state index < -0.39 is 12.5 Å². The third-order valence-electron chi connectivity index (χ3n) is 2.98. The Morgan fingerprint density at radius 2 is 1.88 bits per heavy atom. The maximum Gasteiger partial charge on any atom is 0.326 e. The number of nitrogens with zero attached hydrogens (tertiary/aromatic N) is 1. The van der Waals surface area contributed by atoms with Gasteiger partial charge in [0.25, 0.3) is 0 Å². The molecule has 2 rings (SSSR count). The van der Waals surface area contributed by atoms with E-state index in [0.29, 0.717) is 5.69 Å². The van der Waals surface area contributed by atoms with Gasteiger partial charge in [-0.15, -0.1) is 0 Å². The van der Waals surface area contributed by atoms with Gasteiger partial charge >= 0.3 is 5.92 Å². The van der Waals surface area contributed by atoms with Crippen molar-refractivity contribution in [3.63, 3.8) is 0 Å². The number of hydrogen-bond acceptors (Lipinski definition) is 2. The molecule has 0 bridgehead atoms. The maximum absolute atomic E-state index is 13.6. The fourth-order valence-corrected chi connectivity index (χ4v) is 1.93. The Hall–Kier alpha value is -1.19. The van der Waals surface area contributed by atoms with Crippen LogP contribution in [0.1, 0.15) is 56.5 Å². The molecule has 4 heteroatoms. The molecule has 1 aromatic rings. The molecule has 2 heterocycles. The number of fused-ring (bicyclic) bond motifs is 1. The highest BCUT2D eigenvalue weighted by Crippen LogP contribution is 2.44. The molecule has 0 spiro atoms. The van der Waals surface area contributed by atoms with E-state index >= 15 is 0 Å². The molecule has 17 heavy (non-hydrogen) atoms. The van der Waals surface area contributed by atoms with E-state index in [1.807, 2.05) is 33.8 Å². The fourth-order valence-electron chi connectivity index (χ4n) is 1.93. The number of alkyl halides is 2. The molecule has 2 nitrogen and oxygen atoms in total. The second kappa shape index (κ2) is 3.93. The molecule has 0 saturated carbocycles. The summed E-state index contributed by atoms with van der Waals surface area (Å²) in [6.07, 6.45) is 0. The first-order chi connectivity index (χ1) is 7.83. The van der Waals surface area contributed by atoms with Crippen LogP contribution in [-0.4, -0.2) is 11.6 Å². The Kier molecular flexibility index (Phi) is 2.84. The van der Waals surface area contributed by atoms with Crippen molar-refractivity contribution in [2.75, 3.05) is 6.61 Å². The molecule has 1 aromatic heterocycles. The summed E-state index contributed by atoms with van der Waals surface area (Å²) in [5.74, 6) is -2.38. The molecule has 0 N–H and O–H groups in total. The van der Waals surface area contributed by atoms with Gasteiger partial charge in [0.15, 0.2) is 18.1 Å². The molecule has 0 amide bonds. The molecule has 0 fully saturated rings. The molecule has 0 aliphatic carbocycles. The van der Waals surface area contributed by atoms with Crippen molar-refractivity contribution >= 4 is 0 Å². The number of halogens is 2. The Labute approximate surface area is 100 Å². The number of pyridine rings is 1. The molecule has 94 valence electrons. The van der Waals surface area contributed by atoms with Crippen LogP contribution in [0.25, 0.3) is 0 Å². The molecule has 0 unspecified atom stereocenters. The lowest BCUT2D eigenvalue weighted by Crippen LogP contribution is -2.16. The highest BCUT2D eigenvalue weighted by Gasteiger charge is 2.45. The lowest BCUT2D eigenvalue weighted by Gasteiger charge is -2.15. The van der Waals surface area contributed by atoms with Crippen LogP contribution in [0.2, 0.25) is 0 Å². The van der Waals surface area contributed by atoms with Crippen LogP contribution in [0.3, 0.4) is 0 Å². The summed E-state index contributed by atoms with van der Waals surface area (Å²) < 4.78 is 32.4. The molecule has 0 aromatic carbocycles. The van der Waals surface area contributed by atoms with Gasteiger partial charge in [0, 0.05) is 11.3 Å². The average molecular weight is 241 g/mol. The van der Waals surface area contributed by atoms with Gasteiger partial charge in [0.05, 0.1) is 0 Å². The summed E-state index contributed by atoms with van der Waals surface area (Å²) >= 11 is 0. The summed E-state index contributed by atoms with van der Waals surface area (Å²) in [4.78, 5) is 4.07. The minimum Gasteiger partial charge on any atom is -0.484 e. The van der Waals surface area contributed by atoms with Crippen molar-refractivity contribution in [3.8, 4) is 5.75 Å². The van der Waals surface area contributed by atoms with E-state index in [4.69, 9.17) is 4.74 Å². The van der Waals surface area contributed by atoms with E-state index in [1.165, 1.54) is 0 Å². The summed E-state index contributed by atoms with van der Waals surface area (Å²) in [6, 6.07) is 1.88. The minimum atomic E-state index is -2.95. The van der Waals surface area contributed by atoms with Gasteiger partial charge in [-0.1, -0.05) is 27.7 Å². The minimum absolute atomic E-state index is 0.134. The van der Waals surface area contributed by atoms with Crippen LogP contribution < -0.4 is 4.74 Å². The van der Waals surface area contributed by atoms with Gasteiger partial charge in [0.2, 0.25) is 0 Å². The average Bonchev–Trinajstić information content (AvgIpc) is 2.53. The zero-order valence-electron chi connectivity index (χ0n) is 10.6. The van der Waals surface area contributed by atoms with Crippen molar-refractivity contribution in [3.05, 3.63) is 23.0 Å². The standard InChI is InChI=1S/C13H17F2NO/c1-7(2)9-5-10(8(3)4)16-12-11(9)17-6-13(12,14)15/h5,7-8H,6H2,1-4H3. The molecule has 0 saturated heterocycles. The number of ether oxygens (including phenoxy) is 1. The fraction of sp³-hybridized carbons (Fsp3) is 0.615. The van der Waals surface area contributed by atoms with Gasteiger partial charge in [-0.25, -0.2) is 4.98 Å². The SMILES string of the molecule is CC(C)c1cc(C(C)C)c2c(n1)C(F)(F)CO2. The van der Waals surface area contributed by atoms with E-state index in [9.17, 15) is 8.78 Å². The lowest BCUT2D eigenvalue weighted by atomic mass is 9.97. The third-order valence-corrected chi connectivity index (χ3v) is 2.98. The summed E-state index contributed by atoms with van der Waals surface area (Å²) in [6.45, 7) is 7.26. The lowest BCUT2D eigenvalue weighted by molar-refractivity contribution is -0.0246. The third kappa shape index (κ3) is 2.01. The van der Waals surface area contributed by atoms with Crippen molar-refractivity contribution in [2.45, 2.75) is 45.5 Å². The van der Waals surface area contributed by atoms with Gasteiger partial charge in [-0.3, -0.25) is 0 Å². The quantitative estimate of drug-likeness (QED) is 0.785. The van der Waals surface area contributed by atoms with Crippen LogP contribution in [0.4, 0.5) is 8.78 Å². The van der Waals surface area contributed by atoms with Crippen LogP contribution in [0.5, 0.6) is 5.75 Å². The van der Waals surface area contributed by atoms with E-state index in [1.54, 1.807) is 0 Å². The van der Waals surface area contributed by atoms with E-state index in [2.05, 4.69) is 4.98 Å². The Morgan fingerprint density at radius 1 is 1.24 bits per heavy atom. The first-order valence-electron chi connectivity index (χ1n) is 5.89. The van der Waals surface area contributed by atoms with Gasteiger partial charge in [-0.05, 0) is 17.9 Å². The summed E-state index contributed by atoms with van der Waals surface area (Å²) in [7, 11) is 0. The Balaban J connectivity index is 2.63. The van der Waals surface area contributed by atoms with E-state index in [0.717, 1.165) is 5.56 Å². The van der Waals surface area contributed by atoms with Crippen LogP contribution >= 0.6 is 0 Å². The molecule has 0 radical (unpaired) electrons. The molecular formula is C13H17F2NO. The molecule has 1 aliphatic heterocycles.